The Morgan fingerprint density at radius 1 is 0.784 bits per heavy atom. The van der Waals surface area contributed by atoms with Crippen LogP contribution < -0.4 is 20.7 Å². The van der Waals surface area contributed by atoms with Crippen LogP contribution in [0.5, 0.6) is 0 Å². The third-order valence-corrected chi connectivity index (χ3v) is 16.6. The first-order chi connectivity index (χ1) is 34.2. The van der Waals surface area contributed by atoms with Gasteiger partial charge < -0.3 is 20.1 Å². The molecule has 2 amide bonds. The Kier molecular flexibility index (Phi) is 16.8. The number of nitrogens with zero attached hydrogens (tertiary/aromatic N) is 3. The molecule has 7 N–H and O–H groups in total. The zero-order valence-corrected chi connectivity index (χ0v) is 44.4. The quantitative estimate of drug-likeness (QED) is 0.0394. The van der Waals surface area contributed by atoms with E-state index in [1.807, 2.05) is 0 Å². The first kappa shape index (κ1) is 57.3. The fourth-order valence-corrected chi connectivity index (χ4v) is 11.3. The van der Waals surface area contributed by atoms with Crippen LogP contribution in [-0.4, -0.2) is 119 Å². The SMILES string of the molecule is CC1(C)C(/C=C/C(=C/C=C2/N(CCCS(=O)(=O)O)c3ccc(S(=O)(=O)O)cc3C2(C)C)c2ccc(C(=O)NCCC(=O)NCc3cccc(S(N)(=O)=O)c3)cn2)=[N+](CCCS(=O)(=O)[O-])c2ccc(S(=O)(=O)O)cc21. The third kappa shape index (κ3) is 14.0. The number of sulfonamides is 1. The summed E-state index contributed by atoms with van der Waals surface area (Å²) in [7, 11) is -22.3. The number of carbonyl (C=O) groups excluding carboxylic acids is 2. The minimum absolute atomic E-state index is 0.00355. The number of hydrogen-bond donors (Lipinski definition) is 6. The number of carbonyl (C=O) groups is 2. The van der Waals surface area contributed by atoms with Crippen LogP contribution in [0.15, 0.2) is 124 Å². The summed E-state index contributed by atoms with van der Waals surface area (Å²) in [5.74, 6) is -2.34. The van der Waals surface area contributed by atoms with Gasteiger partial charge in [-0.05, 0) is 98.1 Å². The smallest absolute Gasteiger partial charge is 0.294 e. The van der Waals surface area contributed by atoms with Gasteiger partial charge in [-0.15, -0.1) is 0 Å². The van der Waals surface area contributed by atoms with Crippen molar-refractivity contribution in [1.29, 1.82) is 0 Å². The van der Waals surface area contributed by atoms with E-state index in [9.17, 15) is 69.9 Å². The van der Waals surface area contributed by atoms with Gasteiger partial charge in [-0.25, -0.2) is 22.0 Å². The highest BCUT2D eigenvalue weighted by Gasteiger charge is 2.45. The Bertz CT molecular complexity index is 3610. The standard InChI is InChI=1S/C47H54N6O16S5/c1-46(2)37-27-35(73(64,65)66)13-16-40(37)52(22-6-24-70(56,57)58)42(46)18-11-32(12-19-43-47(3,4)38-28-36(74(67,68)69)14-17-41(38)53(43)23-7-25-71(59,60)61)39-15-10-33(30-50-39)45(55)49-21-20-44(54)51-29-31-8-5-9-34(26-31)72(48,62)63/h5,8-19,26-28,30H,6-7,20-25,29H2,1-4H3,(H7-,48,49,51,54,55,56,57,58,59,60,61,62,63,64,65,66,67,68,69). The van der Waals surface area contributed by atoms with Crippen LogP contribution >= 0.6 is 0 Å². The van der Waals surface area contributed by atoms with E-state index in [0.717, 1.165) is 0 Å². The molecule has 0 spiro atoms. The van der Waals surface area contributed by atoms with Crippen LogP contribution in [0.3, 0.4) is 0 Å². The van der Waals surface area contributed by atoms with E-state index in [-0.39, 0.29) is 66.5 Å². The van der Waals surface area contributed by atoms with Gasteiger partial charge >= 0.3 is 0 Å². The average molecular weight is 1120 g/mol. The molecule has 3 heterocycles. The molecule has 1 aromatic heterocycles. The van der Waals surface area contributed by atoms with Crippen LogP contribution in [0, 0.1) is 0 Å². The van der Waals surface area contributed by atoms with Gasteiger partial charge in [0, 0.05) is 84.5 Å². The number of anilines is 1. The molecule has 0 saturated heterocycles. The van der Waals surface area contributed by atoms with Gasteiger partial charge in [0.25, 0.3) is 36.3 Å². The number of nitrogens with one attached hydrogen (secondary N) is 2. The number of amides is 2. The number of allylic oxidation sites excluding steroid dienone is 6. The average Bonchev–Trinajstić information content (AvgIpc) is 3.63. The molecule has 0 saturated carbocycles. The molecule has 2 aliphatic rings. The van der Waals surface area contributed by atoms with Crippen molar-refractivity contribution in [1.82, 2.24) is 15.6 Å². The van der Waals surface area contributed by atoms with Gasteiger partial charge in [0.05, 0.1) is 47.2 Å². The molecule has 6 rings (SSSR count). The zero-order valence-electron chi connectivity index (χ0n) is 40.3. The van der Waals surface area contributed by atoms with Crippen LogP contribution in [-0.2, 0) is 72.7 Å². The fraction of sp³-hybridized carbons (Fsp3) is 0.319. The van der Waals surface area contributed by atoms with E-state index in [1.165, 1.54) is 72.9 Å². The molecule has 0 atom stereocenters. The van der Waals surface area contributed by atoms with Crippen molar-refractivity contribution in [2.75, 3.05) is 36.0 Å². The summed E-state index contributed by atoms with van der Waals surface area (Å²) in [4.78, 5) is 31.3. The van der Waals surface area contributed by atoms with E-state index >= 15 is 0 Å². The number of aromatic nitrogens is 1. The van der Waals surface area contributed by atoms with Gasteiger partial charge in [0.1, 0.15) is 6.54 Å². The van der Waals surface area contributed by atoms with E-state index in [4.69, 9.17) is 5.14 Å². The molecule has 22 nitrogen and oxygen atoms in total. The Morgan fingerprint density at radius 3 is 2.05 bits per heavy atom. The molecule has 0 fully saturated rings. The lowest BCUT2D eigenvalue weighted by Crippen LogP contribution is -2.30. The first-order valence-corrected chi connectivity index (χ1v) is 30.1. The van der Waals surface area contributed by atoms with Gasteiger partial charge in [-0.2, -0.15) is 29.8 Å². The van der Waals surface area contributed by atoms with Crippen LogP contribution in [0.25, 0.3) is 5.57 Å². The summed E-state index contributed by atoms with van der Waals surface area (Å²) in [6.07, 6.45) is 7.59. The van der Waals surface area contributed by atoms with Crippen molar-refractivity contribution in [3.8, 4) is 0 Å². The predicted octanol–water partition coefficient (Wildman–Crippen LogP) is 3.57. The molecule has 74 heavy (non-hydrogen) atoms. The minimum atomic E-state index is -4.66. The van der Waals surface area contributed by atoms with E-state index in [1.54, 1.807) is 67.5 Å². The van der Waals surface area contributed by atoms with E-state index < -0.39 is 89.5 Å². The summed E-state index contributed by atoms with van der Waals surface area (Å²) in [5, 5.41) is 10.5. The van der Waals surface area contributed by atoms with Crippen molar-refractivity contribution in [2.45, 2.75) is 79.0 Å². The van der Waals surface area contributed by atoms with E-state index in [2.05, 4.69) is 15.6 Å². The van der Waals surface area contributed by atoms with Crippen LogP contribution in [0.2, 0.25) is 0 Å². The highest BCUT2D eigenvalue weighted by atomic mass is 32.2. The molecule has 398 valence electrons. The van der Waals surface area contributed by atoms with Crippen molar-refractivity contribution in [2.24, 2.45) is 5.14 Å². The number of fused-ring (bicyclic) bond motifs is 2. The van der Waals surface area contributed by atoms with Gasteiger partial charge in [0.15, 0.2) is 5.71 Å². The lowest BCUT2D eigenvalue weighted by atomic mass is 9.81. The number of primary sulfonamides is 1. The maximum Gasteiger partial charge on any atom is 0.294 e. The molecule has 2 aliphatic heterocycles. The van der Waals surface area contributed by atoms with Crippen molar-refractivity contribution in [3.63, 3.8) is 0 Å². The minimum Gasteiger partial charge on any atom is -0.748 e. The third-order valence-electron chi connectivity index (χ3n) is 12.4. The molecule has 0 radical (unpaired) electrons. The summed E-state index contributed by atoms with van der Waals surface area (Å²) >= 11 is 0. The highest BCUT2D eigenvalue weighted by Crippen LogP contribution is 2.49. The molecule has 0 aliphatic carbocycles. The topological polar surface area (TPSA) is 358 Å². The fourth-order valence-electron chi connectivity index (χ4n) is 8.69. The van der Waals surface area contributed by atoms with Gasteiger partial charge in [-0.1, -0.05) is 32.1 Å². The monoisotopic (exact) mass is 1120 g/mol. The van der Waals surface area contributed by atoms with Gasteiger partial charge in [-0.3, -0.25) is 28.2 Å². The number of rotatable bonds is 21. The molecular formula is C47H54N6O16S5. The molecule has 27 heteroatoms. The Morgan fingerprint density at radius 2 is 1.45 bits per heavy atom. The number of nitrogens with two attached hydrogens (primary N) is 1. The highest BCUT2D eigenvalue weighted by molar-refractivity contribution is 7.89. The Labute approximate surface area is 429 Å². The Balaban J connectivity index is 1.38. The maximum atomic E-state index is 13.3. The maximum absolute atomic E-state index is 13.3. The summed E-state index contributed by atoms with van der Waals surface area (Å²) < 4.78 is 162. The number of hydrogen-bond acceptors (Lipinski definition) is 15. The lowest BCUT2D eigenvalue weighted by Gasteiger charge is -2.27. The normalized spacial score (nSPS) is 16.4. The molecule has 0 unspecified atom stereocenters. The molecule has 4 aromatic rings. The van der Waals surface area contributed by atoms with Crippen molar-refractivity contribution >= 4 is 85.0 Å². The molecular weight excluding hydrogens is 1060 g/mol. The van der Waals surface area contributed by atoms with Gasteiger partial charge in [0.2, 0.25) is 21.6 Å². The van der Waals surface area contributed by atoms with Crippen molar-refractivity contribution in [3.05, 3.63) is 137 Å². The summed E-state index contributed by atoms with van der Waals surface area (Å²) in [6.45, 7) is 7.00. The largest absolute Gasteiger partial charge is 0.748 e. The number of pyridine rings is 1. The molecule has 0 bridgehead atoms. The van der Waals surface area contributed by atoms with Crippen LogP contribution in [0.1, 0.15) is 79.7 Å². The first-order valence-electron chi connectivity index (χ1n) is 22.5. The second kappa shape index (κ2) is 21.7. The number of benzene rings is 3. The second-order valence-corrected chi connectivity index (χ2v) is 25.9. The van der Waals surface area contributed by atoms with Crippen LogP contribution in [0.4, 0.5) is 11.4 Å². The van der Waals surface area contributed by atoms with Crippen molar-refractivity contribution < 1.29 is 74.5 Å². The lowest BCUT2D eigenvalue weighted by molar-refractivity contribution is -0.437. The van der Waals surface area contributed by atoms with E-state index in [0.29, 0.717) is 45.0 Å². The predicted molar refractivity (Wildman–Crippen MR) is 272 cm³/mol. The second-order valence-electron chi connectivity index (χ2n) is 18.4. The summed E-state index contributed by atoms with van der Waals surface area (Å²) in [5.41, 5.74) is 2.03. The molecule has 3 aromatic carbocycles. The summed E-state index contributed by atoms with van der Waals surface area (Å²) in [6, 6.07) is 16.6. The Hall–Kier alpha value is -6.01. The zero-order chi connectivity index (χ0) is 54.8.